The maximum atomic E-state index is 5.24. The predicted molar refractivity (Wildman–Crippen MR) is 82.9 cm³/mol. The average Bonchev–Trinajstić information content (AvgIpc) is 2.72. The van der Waals surface area contributed by atoms with E-state index in [2.05, 4.69) is 40.1 Å². The third kappa shape index (κ3) is 3.34. The second-order valence-corrected chi connectivity index (χ2v) is 5.97. The zero-order chi connectivity index (χ0) is 13.8. The number of hydrogen-bond acceptors (Lipinski definition) is 3. The molecule has 19 heavy (non-hydrogen) atoms. The van der Waals surface area contributed by atoms with Crippen LogP contribution in [0.1, 0.15) is 18.3 Å². The Morgan fingerprint density at radius 1 is 1.42 bits per heavy atom. The van der Waals surface area contributed by atoms with Crippen LogP contribution < -0.4 is 4.74 Å². The lowest BCUT2D eigenvalue weighted by Gasteiger charge is -2.07. The first kappa shape index (κ1) is 14.5. The highest BCUT2D eigenvalue weighted by Crippen LogP contribution is 2.30. The Kier molecular flexibility index (Phi) is 4.93. The topological polar surface area (TPSA) is 27.1 Å². The first-order chi connectivity index (χ1) is 9.15. The molecule has 0 aliphatic heterocycles. The fraction of sp³-hybridized carbons (Fsp3) is 0.357. The van der Waals surface area contributed by atoms with Gasteiger partial charge in [0, 0.05) is 17.2 Å². The summed E-state index contributed by atoms with van der Waals surface area (Å²) in [6.07, 6.45) is 0. The molecule has 0 amide bonds. The fourth-order valence-corrected chi connectivity index (χ4v) is 3.43. The van der Waals surface area contributed by atoms with Crippen LogP contribution >= 0.6 is 27.7 Å². The number of hydrogen-bond donors (Lipinski definition) is 0. The Bertz CT molecular complexity index is 569. The van der Waals surface area contributed by atoms with Crippen molar-refractivity contribution in [3.63, 3.8) is 0 Å². The molecular formula is C14H17BrN2OS. The normalized spacial score (nSPS) is 10.7. The third-order valence-corrected chi connectivity index (χ3v) is 4.91. The molecule has 1 aromatic heterocycles. The lowest BCUT2D eigenvalue weighted by Crippen LogP contribution is -2.01. The molecule has 0 N–H and O–H groups in total. The summed E-state index contributed by atoms with van der Waals surface area (Å²) >= 11 is 5.41. The number of thioether (sulfide) groups is 1. The van der Waals surface area contributed by atoms with Crippen molar-refractivity contribution >= 4 is 27.7 Å². The van der Waals surface area contributed by atoms with Crippen LogP contribution in [0, 0.1) is 6.92 Å². The molecule has 0 unspecified atom stereocenters. The van der Waals surface area contributed by atoms with Crippen LogP contribution in [0.15, 0.2) is 33.6 Å². The van der Waals surface area contributed by atoms with Gasteiger partial charge in [-0.1, -0.05) is 6.07 Å². The van der Waals surface area contributed by atoms with Gasteiger partial charge in [0.15, 0.2) is 0 Å². The summed E-state index contributed by atoms with van der Waals surface area (Å²) in [6, 6.07) is 8.12. The van der Waals surface area contributed by atoms with Gasteiger partial charge >= 0.3 is 0 Å². The van der Waals surface area contributed by atoms with E-state index in [1.54, 1.807) is 18.9 Å². The van der Waals surface area contributed by atoms with Crippen LogP contribution in [0.3, 0.4) is 0 Å². The molecule has 0 atom stereocenters. The second-order valence-electron chi connectivity index (χ2n) is 4.13. The van der Waals surface area contributed by atoms with Crippen LogP contribution in [0.5, 0.6) is 5.75 Å². The zero-order valence-electron chi connectivity index (χ0n) is 11.3. The maximum Gasteiger partial charge on any atom is 0.119 e. The van der Waals surface area contributed by atoms with Crippen molar-refractivity contribution in [2.45, 2.75) is 31.0 Å². The Hall–Kier alpha value is -0.940. The largest absolute Gasteiger partial charge is 0.497 e. The monoisotopic (exact) mass is 340 g/mol. The smallest absolute Gasteiger partial charge is 0.119 e. The molecule has 0 saturated carbocycles. The summed E-state index contributed by atoms with van der Waals surface area (Å²) in [5.41, 5.74) is 2.27. The van der Waals surface area contributed by atoms with E-state index < -0.39 is 0 Å². The van der Waals surface area contributed by atoms with Crippen molar-refractivity contribution in [3.8, 4) is 5.75 Å². The number of aryl methyl sites for hydroxylation is 2. The van der Waals surface area contributed by atoms with Gasteiger partial charge in [0.2, 0.25) is 0 Å². The van der Waals surface area contributed by atoms with Gasteiger partial charge in [0.25, 0.3) is 0 Å². The number of halogens is 1. The van der Waals surface area contributed by atoms with E-state index in [1.165, 1.54) is 10.6 Å². The second kappa shape index (κ2) is 6.48. The van der Waals surface area contributed by atoms with Gasteiger partial charge in [0.1, 0.15) is 5.75 Å². The molecule has 0 radical (unpaired) electrons. The van der Waals surface area contributed by atoms with E-state index in [4.69, 9.17) is 4.74 Å². The fourth-order valence-electron chi connectivity index (χ4n) is 1.85. The van der Waals surface area contributed by atoms with E-state index in [0.717, 1.165) is 28.2 Å². The molecule has 0 aliphatic carbocycles. The number of methoxy groups -OCH3 is 1. The number of ether oxygens (including phenoxy) is 1. The lowest BCUT2D eigenvalue weighted by molar-refractivity contribution is 0.413. The Morgan fingerprint density at radius 2 is 2.21 bits per heavy atom. The molecule has 1 aromatic carbocycles. The molecule has 0 bridgehead atoms. The molecule has 102 valence electrons. The number of aromatic nitrogens is 2. The Morgan fingerprint density at radius 3 is 2.89 bits per heavy atom. The lowest BCUT2D eigenvalue weighted by atomic mass is 10.3. The number of nitrogens with zero attached hydrogens (tertiary/aromatic N) is 2. The van der Waals surface area contributed by atoms with Gasteiger partial charge in [-0.2, -0.15) is 5.10 Å². The molecule has 2 aromatic rings. The third-order valence-electron chi connectivity index (χ3n) is 2.87. The van der Waals surface area contributed by atoms with Crippen molar-refractivity contribution in [2.24, 2.45) is 0 Å². The summed E-state index contributed by atoms with van der Waals surface area (Å²) in [5, 5.41) is 4.51. The number of rotatable bonds is 5. The van der Waals surface area contributed by atoms with Crippen molar-refractivity contribution in [3.05, 3.63) is 40.1 Å². The SMILES string of the molecule is CCn1nc(C)c(Br)c1CSc1cccc(OC)c1. The minimum Gasteiger partial charge on any atom is -0.497 e. The average molecular weight is 341 g/mol. The highest BCUT2D eigenvalue weighted by Gasteiger charge is 2.12. The summed E-state index contributed by atoms with van der Waals surface area (Å²) in [6.45, 7) is 5.02. The molecule has 3 nitrogen and oxygen atoms in total. The van der Waals surface area contributed by atoms with E-state index >= 15 is 0 Å². The van der Waals surface area contributed by atoms with Gasteiger partial charge < -0.3 is 4.74 Å². The molecule has 5 heteroatoms. The molecule has 1 heterocycles. The number of benzene rings is 1. The van der Waals surface area contributed by atoms with Gasteiger partial charge in [-0.25, -0.2) is 0 Å². The minimum atomic E-state index is 0.889. The summed E-state index contributed by atoms with van der Waals surface area (Å²) in [4.78, 5) is 1.20. The van der Waals surface area contributed by atoms with Crippen LogP contribution in [-0.2, 0) is 12.3 Å². The quantitative estimate of drug-likeness (QED) is 0.760. The zero-order valence-corrected chi connectivity index (χ0v) is 13.7. The Balaban J connectivity index is 2.14. The molecule has 0 spiro atoms. The molecule has 0 saturated heterocycles. The van der Waals surface area contributed by atoms with Gasteiger partial charge in [-0.3, -0.25) is 4.68 Å². The van der Waals surface area contributed by atoms with Crippen molar-refractivity contribution in [1.82, 2.24) is 9.78 Å². The maximum absolute atomic E-state index is 5.24. The first-order valence-electron chi connectivity index (χ1n) is 6.14. The minimum absolute atomic E-state index is 0.889. The first-order valence-corrected chi connectivity index (χ1v) is 7.92. The van der Waals surface area contributed by atoms with E-state index in [-0.39, 0.29) is 0 Å². The summed E-state index contributed by atoms with van der Waals surface area (Å²) in [7, 11) is 1.69. The van der Waals surface area contributed by atoms with Crippen LogP contribution in [0.2, 0.25) is 0 Å². The van der Waals surface area contributed by atoms with E-state index in [1.807, 2.05) is 23.7 Å². The molecule has 2 rings (SSSR count). The predicted octanol–water partition coefficient (Wildman–Crippen LogP) is 4.27. The van der Waals surface area contributed by atoms with Gasteiger partial charge in [-0.05, 0) is 48.0 Å². The van der Waals surface area contributed by atoms with Crippen molar-refractivity contribution < 1.29 is 4.74 Å². The molecule has 0 aliphatic rings. The highest BCUT2D eigenvalue weighted by atomic mass is 79.9. The van der Waals surface area contributed by atoms with Crippen molar-refractivity contribution in [2.75, 3.05) is 7.11 Å². The van der Waals surface area contributed by atoms with E-state index in [0.29, 0.717) is 0 Å². The van der Waals surface area contributed by atoms with Gasteiger partial charge in [0.05, 0.1) is 23.0 Å². The Labute approximate surface area is 126 Å². The van der Waals surface area contributed by atoms with Crippen LogP contribution in [0.4, 0.5) is 0 Å². The standard InChI is InChI=1S/C14H17BrN2OS/c1-4-17-13(14(15)10(2)16-17)9-19-12-7-5-6-11(8-12)18-3/h5-8H,4,9H2,1-3H3. The highest BCUT2D eigenvalue weighted by molar-refractivity contribution is 9.10. The van der Waals surface area contributed by atoms with E-state index in [9.17, 15) is 0 Å². The van der Waals surface area contributed by atoms with Crippen LogP contribution in [0.25, 0.3) is 0 Å². The van der Waals surface area contributed by atoms with Gasteiger partial charge in [-0.15, -0.1) is 11.8 Å². The van der Waals surface area contributed by atoms with Crippen LogP contribution in [-0.4, -0.2) is 16.9 Å². The van der Waals surface area contributed by atoms with Crippen molar-refractivity contribution in [1.29, 1.82) is 0 Å². The summed E-state index contributed by atoms with van der Waals surface area (Å²) < 4.78 is 8.40. The molecule has 0 fully saturated rings. The summed E-state index contributed by atoms with van der Waals surface area (Å²) in [5.74, 6) is 1.78. The molecular weight excluding hydrogens is 324 g/mol.